The summed E-state index contributed by atoms with van der Waals surface area (Å²) in [4.78, 5) is 4.50. The highest BCUT2D eigenvalue weighted by atomic mass is 79.9. The molecule has 0 spiro atoms. The molecule has 1 aliphatic rings. The molecule has 21 heavy (non-hydrogen) atoms. The summed E-state index contributed by atoms with van der Waals surface area (Å²) in [6.07, 6.45) is 5.46. The first-order chi connectivity index (χ1) is 9.96. The van der Waals surface area contributed by atoms with Crippen LogP contribution in [0.3, 0.4) is 0 Å². The van der Waals surface area contributed by atoms with E-state index in [1.807, 2.05) is 13.8 Å². The molecule has 118 valence electrons. The molecule has 7 heteroatoms. The number of rotatable bonds is 5. The number of hydrogen-bond acceptors (Lipinski definition) is 4. The molecule has 1 N–H and O–H groups in total. The molecule has 2 heterocycles. The number of halogens is 1. The van der Waals surface area contributed by atoms with Crippen molar-refractivity contribution in [3.8, 4) is 0 Å². The standard InChI is InChI=1S/C14H22BrN3O2S/c1-3-7-16-14-13(9-12(15)10-17-14)21(19,20)18-8-5-4-6-11(18)2/h9-11H,3-8H2,1-2H3,(H,16,17). The zero-order valence-corrected chi connectivity index (χ0v) is 14.9. The molecule has 1 fully saturated rings. The summed E-state index contributed by atoms with van der Waals surface area (Å²) in [5, 5.41) is 3.11. The molecule has 1 saturated heterocycles. The van der Waals surface area contributed by atoms with Crippen molar-refractivity contribution in [2.75, 3.05) is 18.4 Å². The first-order valence-corrected chi connectivity index (χ1v) is 9.61. The SMILES string of the molecule is CCCNc1ncc(Br)cc1S(=O)(=O)N1CCCCC1C. The fourth-order valence-corrected chi connectivity index (χ4v) is 4.88. The molecule has 1 aromatic rings. The summed E-state index contributed by atoms with van der Waals surface area (Å²) < 4.78 is 28.2. The topological polar surface area (TPSA) is 62.3 Å². The van der Waals surface area contributed by atoms with Crippen LogP contribution in [0.4, 0.5) is 5.82 Å². The molecule has 1 unspecified atom stereocenters. The number of hydrogen-bond donors (Lipinski definition) is 1. The van der Waals surface area contributed by atoms with Gasteiger partial charge >= 0.3 is 0 Å². The number of aromatic nitrogens is 1. The molecule has 5 nitrogen and oxygen atoms in total. The van der Waals surface area contributed by atoms with Crippen LogP contribution in [0.1, 0.15) is 39.5 Å². The van der Waals surface area contributed by atoms with Gasteiger partial charge in [0, 0.05) is 29.8 Å². The van der Waals surface area contributed by atoms with E-state index in [2.05, 4.69) is 26.2 Å². The lowest BCUT2D eigenvalue weighted by atomic mass is 10.1. The van der Waals surface area contributed by atoms with E-state index in [0.717, 1.165) is 25.7 Å². The zero-order chi connectivity index (χ0) is 15.5. The van der Waals surface area contributed by atoms with Crippen LogP contribution >= 0.6 is 15.9 Å². The van der Waals surface area contributed by atoms with E-state index in [0.29, 0.717) is 23.4 Å². The predicted octanol–water partition coefficient (Wildman–Crippen LogP) is 3.23. The minimum absolute atomic E-state index is 0.0433. The van der Waals surface area contributed by atoms with Crippen molar-refractivity contribution in [2.45, 2.75) is 50.5 Å². The van der Waals surface area contributed by atoms with E-state index in [1.54, 1.807) is 16.6 Å². The molecule has 0 aromatic carbocycles. The van der Waals surface area contributed by atoms with Crippen LogP contribution in [-0.2, 0) is 10.0 Å². The van der Waals surface area contributed by atoms with E-state index in [-0.39, 0.29) is 10.9 Å². The molecule has 0 radical (unpaired) electrons. The largest absolute Gasteiger partial charge is 0.369 e. The van der Waals surface area contributed by atoms with Gasteiger partial charge in [0.15, 0.2) is 0 Å². The Bertz CT molecular complexity index is 592. The molecular weight excluding hydrogens is 354 g/mol. The molecule has 0 saturated carbocycles. The number of nitrogens with one attached hydrogen (secondary N) is 1. The lowest BCUT2D eigenvalue weighted by Gasteiger charge is -2.32. The number of pyridine rings is 1. The van der Waals surface area contributed by atoms with E-state index in [9.17, 15) is 8.42 Å². The maximum absolute atomic E-state index is 13.0. The maximum atomic E-state index is 13.0. The Labute approximate surface area is 135 Å². The summed E-state index contributed by atoms with van der Waals surface area (Å²) in [5.74, 6) is 0.442. The fourth-order valence-electron chi connectivity index (χ4n) is 2.55. The molecule has 0 amide bonds. The molecule has 0 aliphatic carbocycles. The second-order valence-electron chi connectivity index (χ2n) is 5.39. The van der Waals surface area contributed by atoms with E-state index >= 15 is 0 Å². The Morgan fingerprint density at radius 1 is 1.48 bits per heavy atom. The van der Waals surface area contributed by atoms with Gasteiger partial charge in [-0.15, -0.1) is 0 Å². The Morgan fingerprint density at radius 2 is 2.24 bits per heavy atom. The molecule has 1 aromatic heterocycles. The average molecular weight is 376 g/mol. The Kier molecular flexibility index (Phi) is 5.62. The monoisotopic (exact) mass is 375 g/mol. The van der Waals surface area contributed by atoms with Crippen LogP contribution in [0.15, 0.2) is 21.6 Å². The predicted molar refractivity (Wildman–Crippen MR) is 87.9 cm³/mol. The summed E-state index contributed by atoms with van der Waals surface area (Å²) in [6, 6.07) is 1.68. The first kappa shape index (κ1) is 16.7. The summed E-state index contributed by atoms with van der Waals surface area (Å²) in [6.45, 7) is 5.30. The van der Waals surface area contributed by atoms with Crippen LogP contribution in [0, 0.1) is 0 Å². The molecule has 2 rings (SSSR count). The zero-order valence-electron chi connectivity index (χ0n) is 12.5. The Hall–Kier alpha value is -0.660. The van der Waals surface area contributed by atoms with Crippen LogP contribution in [0.5, 0.6) is 0 Å². The summed E-state index contributed by atoms with van der Waals surface area (Å²) in [5.41, 5.74) is 0. The normalized spacial score (nSPS) is 20.4. The molecule has 1 atom stereocenters. The van der Waals surface area contributed by atoms with Gasteiger partial charge in [0.05, 0.1) is 0 Å². The minimum Gasteiger partial charge on any atom is -0.369 e. The van der Waals surface area contributed by atoms with Gasteiger partial charge in [-0.1, -0.05) is 13.3 Å². The van der Waals surface area contributed by atoms with Crippen molar-refractivity contribution in [3.63, 3.8) is 0 Å². The highest BCUT2D eigenvalue weighted by Gasteiger charge is 2.33. The van der Waals surface area contributed by atoms with Gasteiger partial charge in [0.2, 0.25) is 10.0 Å². The van der Waals surface area contributed by atoms with Gasteiger partial charge in [-0.05, 0) is 48.2 Å². The molecular formula is C14H22BrN3O2S. The van der Waals surface area contributed by atoms with E-state index in [1.165, 1.54) is 0 Å². The van der Waals surface area contributed by atoms with Crippen LogP contribution in [-0.4, -0.2) is 36.8 Å². The van der Waals surface area contributed by atoms with E-state index in [4.69, 9.17) is 0 Å². The highest BCUT2D eigenvalue weighted by molar-refractivity contribution is 9.10. The highest BCUT2D eigenvalue weighted by Crippen LogP contribution is 2.30. The minimum atomic E-state index is -3.52. The summed E-state index contributed by atoms with van der Waals surface area (Å²) >= 11 is 3.32. The van der Waals surface area contributed by atoms with Gasteiger partial charge in [-0.2, -0.15) is 4.31 Å². The lowest BCUT2D eigenvalue weighted by Crippen LogP contribution is -2.42. The van der Waals surface area contributed by atoms with Crippen LogP contribution in [0.25, 0.3) is 0 Å². The third-order valence-electron chi connectivity index (χ3n) is 3.69. The van der Waals surface area contributed by atoms with Crippen molar-refractivity contribution >= 4 is 31.8 Å². The van der Waals surface area contributed by atoms with Crippen molar-refractivity contribution in [3.05, 3.63) is 16.7 Å². The Balaban J connectivity index is 2.40. The third kappa shape index (κ3) is 3.76. The van der Waals surface area contributed by atoms with Crippen molar-refractivity contribution < 1.29 is 8.42 Å². The quantitative estimate of drug-likeness (QED) is 0.857. The lowest BCUT2D eigenvalue weighted by molar-refractivity contribution is 0.268. The second kappa shape index (κ2) is 7.07. The van der Waals surface area contributed by atoms with Gasteiger partial charge in [0.1, 0.15) is 10.7 Å². The van der Waals surface area contributed by atoms with Crippen LogP contribution < -0.4 is 5.32 Å². The summed E-state index contributed by atoms with van der Waals surface area (Å²) in [7, 11) is -3.52. The molecule has 0 bridgehead atoms. The third-order valence-corrected chi connectivity index (χ3v) is 6.15. The number of piperidine rings is 1. The first-order valence-electron chi connectivity index (χ1n) is 7.38. The van der Waals surface area contributed by atoms with Crippen molar-refractivity contribution in [2.24, 2.45) is 0 Å². The second-order valence-corrected chi connectivity index (χ2v) is 8.16. The number of nitrogens with zero attached hydrogens (tertiary/aromatic N) is 2. The van der Waals surface area contributed by atoms with Crippen molar-refractivity contribution in [1.29, 1.82) is 0 Å². The van der Waals surface area contributed by atoms with Gasteiger partial charge < -0.3 is 5.32 Å². The Morgan fingerprint density at radius 3 is 2.90 bits per heavy atom. The van der Waals surface area contributed by atoms with Crippen LogP contribution in [0.2, 0.25) is 0 Å². The smallest absolute Gasteiger partial charge is 0.247 e. The van der Waals surface area contributed by atoms with Gasteiger partial charge in [0.25, 0.3) is 0 Å². The van der Waals surface area contributed by atoms with E-state index < -0.39 is 10.0 Å². The number of sulfonamides is 1. The van der Waals surface area contributed by atoms with Gasteiger partial charge in [-0.25, -0.2) is 13.4 Å². The fraction of sp³-hybridized carbons (Fsp3) is 0.643. The number of anilines is 1. The van der Waals surface area contributed by atoms with Crippen molar-refractivity contribution in [1.82, 2.24) is 9.29 Å². The molecule has 1 aliphatic heterocycles. The average Bonchev–Trinajstić information content (AvgIpc) is 2.46. The maximum Gasteiger partial charge on any atom is 0.247 e. The van der Waals surface area contributed by atoms with Gasteiger partial charge in [-0.3, -0.25) is 0 Å².